The van der Waals surface area contributed by atoms with Crippen molar-refractivity contribution in [3.63, 3.8) is 0 Å². The maximum Gasteiger partial charge on any atom is 0.0840 e. The van der Waals surface area contributed by atoms with Gasteiger partial charge in [0.15, 0.2) is 0 Å². The molecular formula is C25H48O4. The maximum atomic E-state index is 6.50. The summed E-state index contributed by atoms with van der Waals surface area (Å²) in [7, 11) is 1.79. The quantitative estimate of drug-likeness (QED) is 0.469. The zero-order valence-corrected chi connectivity index (χ0v) is 20.4. The normalized spacial score (nSPS) is 43.4. The van der Waals surface area contributed by atoms with Crippen molar-refractivity contribution < 1.29 is 18.9 Å². The molecule has 2 aliphatic heterocycles. The molecule has 2 aliphatic rings. The fraction of sp³-hybridized carbons (Fsp3) is 1.00. The van der Waals surface area contributed by atoms with Crippen LogP contribution in [-0.2, 0) is 18.9 Å². The van der Waals surface area contributed by atoms with E-state index in [0.717, 1.165) is 26.1 Å². The molecule has 0 amide bonds. The van der Waals surface area contributed by atoms with Crippen LogP contribution in [0.1, 0.15) is 74.1 Å². The Hall–Kier alpha value is -0.160. The van der Waals surface area contributed by atoms with E-state index < -0.39 is 0 Å². The molecular weight excluding hydrogens is 364 g/mol. The Morgan fingerprint density at radius 1 is 0.621 bits per heavy atom. The molecule has 2 rings (SSSR count). The third kappa shape index (κ3) is 5.96. The molecule has 0 aromatic rings. The summed E-state index contributed by atoms with van der Waals surface area (Å²) in [5.74, 6) is 3.23. The van der Waals surface area contributed by atoms with Gasteiger partial charge < -0.3 is 18.9 Å². The minimum atomic E-state index is 0.174. The summed E-state index contributed by atoms with van der Waals surface area (Å²) >= 11 is 0. The predicted octanol–water partition coefficient (Wildman–Crippen LogP) is 5.58. The molecule has 0 aromatic heterocycles. The smallest absolute Gasteiger partial charge is 0.0840 e. The zero-order valence-electron chi connectivity index (χ0n) is 20.4. The monoisotopic (exact) mass is 412 g/mol. The van der Waals surface area contributed by atoms with E-state index in [1.165, 1.54) is 12.8 Å². The molecule has 4 heteroatoms. The van der Waals surface area contributed by atoms with Gasteiger partial charge in [-0.1, -0.05) is 54.9 Å². The third-order valence-electron chi connectivity index (χ3n) is 8.17. The van der Waals surface area contributed by atoms with Gasteiger partial charge in [0, 0.05) is 18.9 Å². The van der Waals surface area contributed by atoms with E-state index in [1.807, 2.05) is 0 Å². The molecule has 2 fully saturated rings. The second-order valence-corrected chi connectivity index (χ2v) is 9.79. The van der Waals surface area contributed by atoms with Gasteiger partial charge in [-0.15, -0.1) is 0 Å². The van der Waals surface area contributed by atoms with Gasteiger partial charge in [0.25, 0.3) is 0 Å². The van der Waals surface area contributed by atoms with E-state index >= 15 is 0 Å². The number of hydrogen-bond donors (Lipinski definition) is 0. The van der Waals surface area contributed by atoms with Crippen molar-refractivity contribution in [2.24, 2.45) is 35.5 Å². The number of hydrogen-bond acceptors (Lipinski definition) is 4. The molecule has 0 bridgehead atoms. The van der Waals surface area contributed by atoms with E-state index in [9.17, 15) is 0 Å². The lowest BCUT2D eigenvalue weighted by Gasteiger charge is -2.46. The van der Waals surface area contributed by atoms with Crippen LogP contribution in [0.4, 0.5) is 0 Å². The summed E-state index contributed by atoms with van der Waals surface area (Å²) in [6.07, 6.45) is 5.62. The fourth-order valence-electron chi connectivity index (χ4n) is 5.67. The molecule has 0 aliphatic carbocycles. The first-order chi connectivity index (χ1) is 13.9. The Labute approximate surface area is 180 Å². The largest absolute Gasteiger partial charge is 0.384 e. The van der Waals surface area contributed by atoms with Crippen molar-refractivity contribution in [1.82, 2.24) is 0 Å². The Morgan fingerprint density at radius 2 is 1.14 bits per heavy atom. The first kappa shape index (κ1) is 25.1. The lowest BCUT2D eigenvalue weighted by molar-refractivity contribution is -0.185. The van der Waals surface area contributed by atoms with Crippen LogP contribution in [0.2, 0.25) is 0 Å². The lowest BCUT2D eigenvalue weighted by Crippen LogP contribution is -2.50. The average Bonchev–Trinajstić information content (AvgIpc) is 2.72. The Balaban J connectivity index is 1.92. The summed E-state index contributed by atoms with van der Waals surface area (Å²) < 4.78 is 24.8. The Kier molecular flexibility index (Phi) is 10.4. The maximum absolute atomic E-state index is 6.50. The van der Waals surface area contributed by atoms with Gasteiger partial charge >= 0.3 is 0 Å². The molecule has 10 atom stereocenters. The number of methoxy groups -OCH3 is 1. The first-order valence-electron chi connectivity index (χ1n) is 12.3. The lowest BCUT2D eigenvalue weighted by atomic mass is 9.74. The van der Waals surface area contributed by atoms with E-state index in [0.29, 0.717) is 54.3 Å². The molecule has 172 valence electrons. The van der Waals surface area contributed by atoms with Crippen LogP contribution in [0.5, 0.6) is 0 Å². The number of rotatable bonds is 10. The van der Waals surface area contributed by atoms with E-state index in [-0.39, 0.29) is 12.2 Å². The number of ether oxygens (including phenoxy) is 4. The Bertz CT molecular complexity index is 452. The van der Waals surface area contributed by atoms with Crippen LogP contribution >= 0.6 is 0 Å². The molecule has 2 saturated heterocycles. The molecule has 4 nitrogen and oxygen atoms in total. The van der Waals surface area contributed by atoms with Crippen LogP contribution in [0.3, 0.4) is 0 Å². The van der Waals surface area contributed by atoms with Crippen LogP contribution < -0.4 is 0 Å². The zero-order chi connectivity index (χ0) is 21.6. The summed E-state index contributed by atoms with van der Waals surface area (Å²) in [4.78, 5) is 0. The highest BCUT2D eigenvalue weighted by Gasteiger charge is 2.42. The first-order valence-corrected chi connectivity index (χ1v) is 12.3. The summed E-state index contributed by atoms with van der Waals surface area (Å²) in [6.45, 7) is 18.4. The van der Waals surface area contributed by atoms with Crippen LogP contribution in [0, 0.1) is 35.5 Å². The molecule has 4 unspecified atom stereocenters. The van der Waals surface area contributed by atoms with Crippen molar-refractivity contribution in [3.8, 4) is 0 Å². The fourth-order valence-corrected chi connectivity index (χ4v) is 5.67. The molecule has 0 saturated carbocycles. The van der Waals surface area contributed by atoms with Gasteiger partial charge in [-0.2, -0.15) is 0 Å². The van der Waals surface area contributed by atoms with Gasteiger partial charge in [-0.3, -0.25) is 0 Å². The highest BCUT2D eigenvalue weighted by molar-refractivity contribution is 4.89. The summed E-state index contributed by atoms with van der Waals surface area (Å²) in [5.41, 5.74) is 0. The topological polar surface area (TPSA) is 36.9 Å². The minimum Gasteiger partial charge on any atom is -0.384 e. The van der Waals surface area contributed by atoms with E-state index in [1.54, 1.807) is 7.11 Å². The highest BCUT2D eigenvalue weighted by atomic mass is 16.5. The van der Waals surface area contributed by atoms with E-state index in [2.05, 4.69) is 48.5 Å². The standard InChI is InChI=1S/C25H48O4/c1-9-12-24-18(6)16(4)21(23(11-3)28-24)14-27-15-25-19(7)17(5)20(13-26-8)22(10-2)29-25/h16-25H,9-15H2,1-8H3/t16?,17-,18?,19?,20+,21+,22?,23+,24+,25+/m1/s1. The van der Waals surface area contributed by atoms with Crippen LogP contribution in [0.25, 0.3) is 0 Å². The summed E-state index contributed by atoms with van der Waals surface area (Å²) in [5, 5.41) is 0. The molecule has 0 aromatic carbocycles. The van der Waals surface area contributed by atoms with Crippen molar-refractivity contribution in [1.29, 1.82) is 0 Å². The van der Waals surface area contributed by atoms with Gasteiger partial charge in [0.2, 0.25) is 0 Å². The Morgan fingerprint density at radius 3 is 1.66 bits per heavy atom. The van der Waals surface area contributed by atoms with Crippen molar-refractivity contribution in [3.05, 3.63) is 0 Å². The van der Waals surface area contributed by atoms with Crippen molar-refractivity contribution >= 4 is 0 Å². The highest BCUT2D eigenvalue weighted by Crippen LogP contribution is 2.39. The predicted molar refractivity (Wildman–Crippen MR) is 119 cm³/mol. The van der Waals surface area contributed by atoms with Crippen LogP contribution in [-0.4, -0.2) is 51.3 Å². The second-order valence-electron chi connectivity index (χ2n) is 9.79. The van der Waals surface area contributed by atoms with Crippen molar-refractivity contribution in [2.75, 3.05) is 26.9 Å². The molecule has 0 N–H and O–H groups in total. The molecule has 0 radical (unpaired) electrons. The molecule has 0 spiro atoms. The van der Waals surface area contributed by atoms with Gasteiger partial charge in [-0.05, 0) is 42.9 Å². The van der Waals surface area contributed by atoms with Crippen molar-refractivity contribution in [2.45, 2.75) is 98.6 Å². The summed E-state index contributed by atoms with van der Waals surface area (Å²) in [6, 6.07) is 0. The second kappa shape index (κ2) is 12.0. The van der Waals surface area contributed by atoms with Gasteiger partial charge in [-0.25, -0.2) is 0 Å². The molecule has 29 heavy (non-hydrogen) atoms. The SMILES string of the molecule is CCC[C@@H]1O[C@@H](CC)[C@@H](COC[C@@H]2OC(CC)[C@@H](COC)[C@H](C)C2C)C(C)C1C. The third-order valence-corrected chi connectivity index (χ3v) is 8.17. The van der Waals surface area contributed by atoms with Crippen LogP contribution in [0.15, 0.2) is 0 Å². The van der Waals surface area contributed by atoms with Gasteiger partial charge in [0.05, 0.1) is 44.2 Å². The molecule has 2 heterocycles. The van der Waals surface area contributed by atoms with E-state index in [4.69, 9.17) is 18.9 Å². The van der Waals surface area contributed by atoms with Gasteiger partial charge in [0.1, 0.15) is 0 Å². The minimum absolute atomic E-state index is 0.174. The average molecular weight is 413 g/mol.